The third-order valence-corrected chi connectivity index (χ3v) is 8.52. The lowest BCUT2D eigenvalue weighted by Crippen LogP contribution is -2.27. The molecule has 8 nitrogen and oxygen atoms in total. The second-order valence-corrected chi connectivity index (χ2v) is 11.1. The molecule has 0 saturated heterocycles. The molecule has 1 amide bonds. The molecule has 0 saturated carbocycles. The molecule has 0 unspecified atom stereocenters. The van der Waals surface area contributed by atoms with Gasteiger partial charge in [0.2, 0.25) is 11.7 Å². The van der Waals surface area contributed by atoms with E-state index in [1.54, 1.807) is 40.2 Å². The fraction of sp³-hybridized carbons (Fsp3) is 0.200. The minimum absolute atomic E-state index is 0.118. The molecule has 0 aliphatic carbocycles. The van der Waals surface area contributed by atoms with Gasteiger partial charge in [-0.3, -0.25) is 9.59 Å². The van der Waals surface area contributed by atoms with Gasteiger partial charge in [-0.15, -0.1) is 21.5 Å². The molecule has 182 valence electrons. The van der Waals surface area contributed by atoms with Crippen LogP contribution in [0, 0.1) is 0 Å². The molecular weight excluding hydrogens is 516 g/mol. The van der Waals surface area contributed by atoms with Crippen LogP contribution in [0.1, 0.15) is 10.4 Å². The van der Waals surface area contributed by atoms with Crippen molar-refractivity contribution in [2.45, 2.75) is 18.1 Å². The summed E-state index contributed by atoms with van der Waals surface area (Å²) in [6, 6.07) is 16.4. The Labute approximate surface area is 219 Å². The zero-order valence-corrected chi connectivity index (χ0v) is 21.7. The van der Waals surface area contributed by atoms with Gasteiger partial charge in [-0.1, -0.05) is 41.6 Å². The van der Waals surface area contributed by atoms with Crippen LogP contribution in [0.15, 0.2) is 64.5 Å². The van der Waals surface area contributed by atoms with Gasteiger partial charge in [-0.2, -0.15) is 0 Å². The quantitative estimate of drug-likeness (QED) is 0.334. The van der Waals surface area contributed by atoms with E-state index < -0.39 is 0 Å². The number of likely N-dealkylation sites (N-methyl/N-ethyl adjacent to an activating group) is 1. The molecule has 1 aliphatic heterocycles. The third-order valence-electron chi connectivity index (χ3n) is 6.14. The van der Waals surface area contributed by atoms with Crippen molar-refractivity contribution >= 4 is 62.3 Å². The van der Waals surface area contributed by atoms with Crippen LogP contribution in [0.4, 0.5) is 5.69 Å². The molecule has 6 rings (SSSR count). The highest BCUT2D eigenvalue weighted by molar-refractivity contribution is 7.99. The van der Waals surface area contributed by atoms with E-state index in [2.05, 4.69) is 27.5 Å². The van der Waals surface area contributed by atoms with E-state index in [-0.39, 0.29) is 17.2 Å². The first-order chi connectivity index (χ1) is 17.5. The van der Waals surface area contributed by atoms with E-state index in [1.165, 1.54) is 16.6 Å². The van der Waals surface area contributed by atoms with Crippen LogP contribution in [-0.2, 0) is 17.8 Å². The lowest BCUT2D eigenvalue weighted by Gasteiger charge is -2.21. The van der Waals surface area contributed by atoms with Gasteiger partial charge in [-0.25, -0.2) is 8.97 Å². The van der Waals surface area contributed by atoms with Crippen LogP contribution < -0.4 is 10.9 Å². The summed E-state index contributed by atoms with van der Waals surface area (Å²) in [7, 11) is 2.08. The van der Waals surface area contributed by atoms with Gasteiger partial charge in [0.15, 0.2) is 5.16 Å². The molecule has 0 radical (unpaired) electrons. The Hall–Kier alpha value is -3.18. The topological polar surface area (TPSA) is 84.5 Å². The average Bonchev–Trinajstić information content (AvgIpc) is 3.46. The van der Waals surface area contributed by atoms with Crippen LogP contribution >= 0.6 is 34.7 Å². The number of para-hydroxylation sites is 1. The van der Waals surface area contributed by atoms with Gasteiger partial charge in [0.25, 0.3) is 5.56 Å². The van der Waals surface area contributed by atoms with E-state index in [0.717, 1.165) is 35.6 Å². The number of amides is 1. The van der Waals surface area contributed by atoms with E-state index in [9.17, 15) is 9.59 Å². The lowest BCUT2D eigenvalue weighted by atomic mass is 10.1. The molecule has 0 fully saturated rings. The number of aromatic nitrogens is 4. The van der Waals surface area contributed by atoms with Crippen molar-refractivity contribution in [1.82, 2.24) is 24.1 Å². The highest BCUT2D eigenvalue weighted by atomic mass is 35.5. The number of rotatable bonds is 5. The molecule has 4 heterocycles. The maximum Gasteiger partial charge on any atom is 0.268 e. The van der Waals surface area contributed by atoms with Crippen molar-refractivity contribution in [1.29, 1.82) is 0 Å². The van der Waals surface area contributed by atoms with Crippen molar-refractivity contribution in [2.75, 3.05) is 24.7 Å². The third kappa shape index (κ3) is 4.09. The van der Waals surface area contributed by atoms with Crippen LogP contribution in [0.25, 0.3) is 21.7 Å². The normalized spacial score (nSPS) is 13.8. The number of carbonyl (C=O) groups is 1. The summed E-state index contributed by atoms with van der Waals surface area (Å²) in [5, 5.41) is 13.5. The SMILES string of the molecule is CN1CCc2c(sc3c2c(=O)n(-c2ccc(Cl)cc2)c2nnc(SCC(=O)Nc4ccccc4)n32)C1. The second kappa shape index (κ2) is 9.36. The van der Waals surface area contributed by atoms with Crippen molar-refractivity contribution in [2.24, 2.45) is 0 Å². The van der Waals surface area contributed by atoms with E-state index in [0.29, 0.717) is 27.0 Å². The molecule has 5 aromatic rings. The van der Waals surface area contributed by atoms with Crippen LogP contribution in [0.2, 0.25) is 5.02 Å². The summed E-state index contributed by atoms with van der Waals surface area (Å²) in [4.78, 5) is 30.8. The number of carbonyl (C=O) groups excluding carboxylic acids is 1. The molecule has 11 heteroatoms. The van der Waals surface area contributed by atoms with E-state index >= 15 is 0 Å². The number of fused-ring (bicyclic) bond motifs is 5. The summed E-state index contributed by atoms with van der Waals surface area (Å²) >= 11 is 9.01. The fourth-order valence-corrected chi connectivity index (χ4v) is 6.78. The highest BCUT2D eigenvalue weighted by Gasteiger charge is 2.27. The molecule has 1 N–H and O–H groups in total. The number of hydrogen-bond acceptors (Lipinski definition) is 7. The van der Waals surface area contributed by atoms with Crippen molar-refractivity contribution in [3.63, 3.8) is 0 Å². The summed E-state index contributed by atoms with van der Waals surface area (Å²) in [5.74, 6) is 0.426. The molecular formula is C25H21ClN6O2S2. The second-order valence-electron chi connectivity index (χ2n) is 8.61. The smallest absolute Gasteiger partial charge is 0.268 e. The van der Waals surface area contributed by atoms with Gasteiger partial charge in [-0.05, 0) is 55.4 Å². The monoisotopic (exact) mass is 536 g/mol. The number of hydrogen-bond donors (Lipinski definition) is 1. The number of anilines is 1. The highest BCUT2D eigenvalue weighted by Crippen LogP contribution is 2.35. The predicted octanol–water partition coefficient (Wildman–Crippen LogP) is 4.47. The zero-order chi connectivity index (χ0) is 24.8. The average molecular weight is 537 g/mol. The number of nitrogens with one attached hydrogen (secondary N) is 1. The molecule has 1 aliphatic rings. The fourth-order valence-electron chi connectivity index (χ4n) is 4.45. The molecule has 0 atom stereocenters. The van der Waals surface area contributed by atoms with Gasteiger partial charge in [0.05, 0.1) is 16.8 Å². The first-order valence-corrected chi connectivity index (χ1v) is 13.5. The first-order valence-electron chi connectivity index (χ1n) is 11.4. The number of halogens is 1. The Morgan fingerprint density at radius 2 is 1.92 bits per heavy atom. The first kappa shape index (κ1) is 23.2. The van der Waals surface area contributed by atoms with Crippen molar-refractivity contribution in [3.8, 4) is 5.69 Å². The Bertz CT molecular complexity index is 1660. The summed E-state index contributed by atoms with van der Waals surface area (Å²) < 4.78 is 3.50. The molecule has 0 spiro atoms. The van der Waals surface area contributed by atoms with Crippen molar-refractivity contribution in [3.05, 3.63) is 80.4 Å². The number of thioether (sulfide) groups is 1. The Morgan fingerprint density at radius 1 is 1.14 bits per heavy atom. The Balaban J connectivity index is 1.48. The van der Waals surface area contributed by atoms with Gasteiger partial charge in [0, 0.05) is 28.7 Å². The van der Waals surface area contributed by atoms with Gasteiger partial charge in [0.1, 0.15) is 4.83 Å². The largest absolute Gasteiger partial charge is 0.325 e. The predicted molar refractivity (Wildman–Crippen MR) is 145 cm³/mol. The Morgan fingerprint density at radius 3 is 2.69 bits per heavy atom. The molecule has 3 aromatic heterocycles. The van der Waals surface area contributed by atoms with Gasteiger partial charge >= 0.3 is 0 Å². The number of nitrogens with zero attached hydrogens (tertiary/aromatic N) is 5. The van der Waals surface area contributed by atoms with Gasteiger partial charge < -0.3 is 10.2 Å². The zero-order valence-electron chi connectivity index (χ0n) is 19.3. The summed E-state index contributed by atoms with van der Waals surface area (Å²) in [6.45, 7) is 1.68. The molecule has 0 bridgehead atoms. The van der Waals surface area contributed by atoms with Crippen LogP contribution in [0.5, 0.6) is 0 Å². The molecule has 36 heavy (non-hydrogen) atoms. The maximum absolute atomic E-state index is 13.9. The Kier molecular flexibility index (Phi) is 6.04. The maximum atomic E-state index is 13.9. The van der Waals surface area contributed by atoms with E-state index in [1.807, 2.05) is 34.7 Å². The lowest BCUT2D eigenvalue weighted by molar-refractivity contribution is -0.113. The molecule has 2 aromatic carbocycles. The number of thiophene rings is 1. The summed E-state index contributed by atoms with van der Waals surface area (Å²) in [6.07, 6.45) is 0.803. The van der Waals surface area contributed by atoms with E-state index in [4.69, 9.17) is 11.6 Å². The minimum atomic E-state index is -0.141. The van der Waals surface area contributed by atoms with Crippen LogP contribution in [0.3, 0.4) is 0 Å². The summed E-state index contributed by atoms with van der Waals surface area (Å²) in [5.41, 5.74) is 2.37. The standard InChI is InChI=1S/C25H21ClN6O2S2/c1-30-12-11-18-19(13-30)36-23-21(18)22(34)31(17-9-7-15(26)8-10-17)24-28-29-25(32(23)24)35-14-20(33)27-16-5-3-2-4-6-16/h2-10H,11-14H2,1H3,(H,27,33). The minimum Gasteiger partial charge on any atom is -0.325 e. The van der Waals surface area contributed by atoms with Crippen LogP contribution in [-0.4, -0.2) is 49.3 Å². The van der Waals surface area contributed by atoms with Crippen molar-refractivity contribution < 1.29 is 4.79 Å². The number of benzene rings is 2.